The zero-order valence-electron chi connectivity index (χ0n) is 12.4. The molecule has 1 heterocycles. The van der Waals surface area contributed by atoms with Crippen LogP contribution < -0.4 is 5.48 Å². The monoisotopic (exact) mass is 326 g/mol. The van der Waals surface area contributed by atoms with Crippen LogP contribution in [0.4, 0.5) is 0 Å². The van der Waals surface area contributed by atoms with E-state index in [-0.39, 0.29) is 5.84 Å². The zero-order valence-corrected chi connectivity index (χ0v) is 13.2. The van der Waals surface area contributed by atoms with E-state index in [9.17, 15) is 8.42 Å². The lowest BCUT2D eigenvalue weighted by Gasteiger charge is -1.99. The highest BCUT2D eigenvalue weighted by Gasteiger charge is 2.10. The first-order valence-corrected chi connectivity index (χ1v) is 7.98. The molecular weight excluding hydrogens is 308 g/mol. The van der Waals surface area contributed by atoms with Crippen molar-refractivity contribution in [2.75, 3.05) is 6.26 Å². The molecule has 2 rings (SSSR count). The smallest absolute Gasteiger partial charge is 0.261 e. The molecule has 4 N–H and O–H groups in total. The van der Waals surface area contributed by atoms with E-state index in [1.54, 1.807) is 17.1 Å². The third-order valence-electron chi connectivity index (χ3n) is 2.53. The first-order chi connectivity index (χ1) is 10.1. The maximum atomic E-state index is 9.19. The Labute approximate surface area is 128 Å². The molecule has 0 saturated heterocycles. The number of hydroxylamine groups is 1. The van der Waals surface area contributed by atoms with Crippen molar-refractivity contribution in [1.82, 2.24) is 15.0 Å². The molecule has 0 aliphatic carbocycles. The highest BCUT2D eigenvalue weighted by atomic mass is 32.2. The predicted octanol–water partition coefficient (Wildman–Crippen LogP) is 1.20. The molecule has 1 aromatic heterocycles. The lowest BCUT2D eigenvalue weighted by Crippen LogP contribution is -2.22. The van der Waals surface area contributed by atoms with Gasteiger partial charge in [-0.15, -0.1) is 0 Å². The van der Waals surface area contributed by atoms with Crippen LogP contribution in [0.2, 0.25) is 0 Å². The van der Waals surface area contributed by atoms with Gasteiger partial charge in [-0.25, -0.2) is 10.5 Å². The van der Waals surface area contributed by atoms with Gasteiger partial charge in [0.2, 0.25) is 0 Å². The Kier molecular flexibility index (Phi) is 5.80. The first kappa shape index (κ1) is 17.8. The highest BCUT2D eigenvalue weighted by molar-refractivity contribution is 7.85. The fraction of sp³-hybridized carbons (Fsp3) is 0.231. The molecule has 0 radical (unpaired) electrons. The van der Waals surface area contributed by atoms with Gasteiger partial charge in [0.1, 0.15) is 0 Å². The number of aromatic nitrogens is 2. The Hall–Kier alpha value is -2.23. The fourth-order valence-corrected chi connectivity index (χ4v) is 1.69. The summed E-state index contributed by atoms with van der Waals surface area (Å²) in [6, 6.07) is 7.98. The molecular formula is C13H18N4O4S. The summed E-state index contributed by atoms with van der Waals surface area (Å²) in [5.41, 5.74) is 4.74. The number of imidazole rings is 1. The summed E-state index contributed by atoms with van der Waals surface area (Å²) in [4.78, 5) is 4.31. The molecule has 120 valence electrons. The lowest BCUT2D eigenvalue weighted by molar-refractivity contribution is 0.233. The molecule has 0 saturated carbocycles. The molecule has 0 unspecified atom stereocenters. The summed E-state index contributed by atoms with van der Waals surface area (Å²) >= 11 is 0. The third kappa shape index (κ3) is 5.64. The number of rotatable bonds is 2. The minimum Gasteiger partial charge on any atom is -0.331 e. The van der Waals surface area contributed by atoms with Gasteiger partial charge in [-0.05, 0) is 13.0 Å². The van der Waals surface area contributed by atoms with E-state index in [1.807, 2.05) is 37.4 Å². The molecule has 0 aliphatic rings. The van der Waals surface area contributed by atoms with Gasteiger partial charge >= 0.3 is 0 Å². The normalized spacial score (nSPS) is 10.6. The summed E-state index contributed by atoms with van der Waals surface area (Å²) in [7, 11) is -1.88. The second kappa shape index (κ2) is 7.16. The van der Waals surface area contributed by atoms with Gasteiger partial charge < -0.3 is 4.57 Å². The molecule has 0 atom stereocenters. The third-order valence-corrected chi connectivity index (χ3v) is 2.53. The number of benzene rings is 1. The van der Waals surface area contributed by atoms with Crippen molar-refractivity contribution in [3.05, 3.63) is 41.9 Å². The maximum Gasteiger partial charge on any atom is 0.261 e. The molecule has 0 fully saturated rings. The van der Waals surface area contributed by atoms with E-state index < -0.39 is 10.1 Å². The van der Waals surface area contributed by atoms with E-state index in [2.05, 4.69) is 4.98 Å². The molecule has 0 amide bonds. The summed E-state index contributed by atoms with van der Waals surface area (Å²) in [5, 5.41) is 16.2. The predicted molar refractivity (Wildman–Crippen MR) is 82.6 cm³/mol. The van der Waals surface area contributed by atoms with Crippen molar-refractivity contribution in [3.8, 4) is 11.3 Å². The summed E-state index contributed by atoms with van der Waals surface area (Å²) in [6.45, 7) is 2.02. The molecule has 8 nitrogen and oxygen atoms in total. The fourth-order valence-electron chi connectivity index (χ4n) is 1.69. The second-order valence-corrected chi connectivity index (χ2v) is 6.12. The van der Waals surface area contributed by atoms with Crippen molar-refractivity contribution in [3.63, 3.8) is 0 Å². The summed E-state index contributed by atoms with van der Waals surface area (Å²) in [5.74, 6) is 0.274. The van der Waals surface area contributed by atoms with Crippen molar-refractivity contribution in [2.24, 2.45) is 7.05 Å². The molecule has 22 heavy (non-hydrogen) atoms. The van der Waals surface area contributed by atoms with Gasteiger partial charge in [-0.1, -0.05) is 23.8 Å². The van der Waals surface area contributed by atoms with Gasteiger partial charge in [-0.2, -0.15) is 8.42 Å². The van der Waals surface area contributed by atoms with E-state index >= 15 is 0 Å². The Balaban J connectivity index is 0.000000422. The molecule has 1 aromatic carbocycles. The average molecular weight is 326 g/mol. The Bertz CT molecular complexity index is 760. The molecule has 9 heteroatoms. The van der Waals surface area contributed by atoms with E-state index in [4.69, 9.17) is 15.2 Å². The summed E-state index contributed by atoms with van der Waals surface area (Å²) < 4.78 is 27.6. The first-order valence-electron chi connectivity index (χ1n) is 6.13. The molecule has 0 aliphatic heterocycles. The van der Waals surface area contributed by atoms with Crippen LogP contribution in [0, 0.1) is 12.3 Å². The van der Waals surface area contributed by atoms with Gasteiger partial charge in [0.05, 0.1) is 11.9 Å². The SMILES string of the molecule is CS(=O)(=O)O.Cc1cccc(-c2cn(C)c(C(=N)NO)n2)c1. The number of hydrogen-bond donors (Lipinski definition) is 4. The van der Waals surface area contributed by atoms with Gasteiger partial charge in [0, 0.05) is 18.8 Å². The minimum absolute atomic E-state index is 0.119. The van der Waals surface area contributed by atoms with E-state index in [0.717, 1.165) is 16.8 Å². The molecule has 0 spiro atoms. The van der Waals surface area contributed by atoms with Crippen molar-refractivity contribution in [2.45, 2.75) is 6.92 Å². The van der Waals surface area contributed by atoms with Crippen LogP contribution in [0.1, 0.15) is 11.4 Å². The molecule has 2 aromatic rings. The average Bonchev–Trinajstić information content (AvgIpc) is 2.78. The van der Waals surface area contributed by atoms with Crippen molar-refractivity contribution < 1.29 is 18.2 Å². The van der Waals surface area contributed by atoms with E-state index in [0.29, 0.717) is 12.1 Å². The number of nitrogens with one attached hydrogen (secondary N) is 2. The number of nitrogens with zero attached hydrogens (tertiary/aromatic N) is 2. The van der Waals surface area contributed by atoms with Crippen LogP contribution in [0.25, 0.3) is 11.3 Å². The van der Waals surface area contributed by atoms with Gasteiger partial charge in [0.15, 0.2) is 11.7 Å². The van der Waals surface area contributed by atoms with Crippen LogP contribution in [0.15, 0.2) is 30.5 Å². The Morgan fingerprint density at radius 1 is 1.41 bits per heavy atom. The largest absolute Gasteiger partial charge is 0.331 e. The zero-order chi connectivity index (χ0) is 16.9. The van der Waals surface area contributed by atoms with Crippen molar-refractivity contribution >= 4 is 16.0 Å². The number of aryl methyl sites for hydroxylation is 2. The number of hydrogen-bond acceptors (Lipinski definition) is 5. The van der Waals surface area contributed by atoms with E-state index in [1.165, 1.54) is 0 Å². The van der Waals surface area contributed by atoms with Crippen molar-refractivity contribution in [1.29, 1.82) is 5.41 Å². The highest BCUT2D eigenvalue weighted by Crippen LogP contribution is 2.19. The topological polar surface area (TPSA) is 128 Å². The quantitative estimate of drug-likeness (QED) is 0.284. The maximum absolute atomic E-state index is 9.19. The van der Waals surface area contributed by atoms with Crippen LogP contribution >= 0.6 is 0 Å². The van der Waals surface area contributed by atoms with Gasteiger partial charge in [0.25, 0.3) is 10.1 Å². The second-order valence-electron chi connectivity index (χ2n) is 4.65. The summed E-state index contributed by atoms with van der Waals surface area (Å²) in [6.07, 6.45) is 2.54. The Morgan fingerprint density at radius 3 is 2.50 bits per heavy atom. The van der Waals surface area contributed by atoms with Crippen LogP contribution in [-0.4, -0.2) is 39.8 Å². The minimum atomic E-state index is -3.67. The number of amidine groups is 1. The standard InChI is InChI=1S/C12H14N4O.CH4O3S/c1-8-4-3-5-9(6-8)10-7-16(2)12(14-10)11(13)15-17;1-5(2,3)4/h3-7,17H,1-2H3,(H2,13,15);1H3,(H,2,3,4). The van der Waals surface area contributed by atoms with Crippen LogP contribution in [0.3, 0.4) is 0 Å². The molecule has 0 bridgehead atoms. The lowest BCUT2D eigenvalue weighted by atomic mass is 10.1. The van der Waals surface area contributed by atoms with Gasteiger partial charge in [-0.3, -0.25) is 15.2 Å². The Morgan fingerprint density at radius 2 is 2.00 bits per heavy atom. The van der Waals surface area contributed by atoms with Crippen LogP contribution in [0.5, 0.6) is 0 Å². The van der Waals surface area contributed by atoms with Crippen LogP contribution in [-0.2, 0) is 17.2 Å².